The molecule has 1 aromatic heterocycles. The third-order valence-corrected chi connectivity index (χ3v) is 3.70. The van der Waals surface area contributed by atoms with Gasteiger partial charge in [-0.15, -0.1) is 0 Å². The van der Waals surface area contributed by atoms with E-state index in [1.165, 1.54) is 0 Å². The van der Waals surface area contributed by atoms with E-state index in [-0.39, 0.29) is 5.91 Å². The van der Waals surface area contributed by atoms with Gasteiger partial charge < -0.3 is 10.3 Å². The molecule has 1 amide bonds. The number of hydrogen-bond donors (Lipinski definition) is 2. The van der Waals surface area contributed by atoms with Crippen LogP contribution >= 0.6 is 0 Å². The van der Waals surface area contributed by atoms with E-state index in [2.05, 4.69) is 10.3 Å². The average molecular weight is 278 g/mol. The fraction of sp³-hybridized carbons (Fsp3) is 0.167. The number of amides is 1. The molecule has 0 saturated heterocycles. The van der Waals surface area contributed by atoms with Crippen LogP contribution in [0.5, 0.6) is 0 Å². The minimum Gasteiger partial charge on any atom is -0.351 e. The summed E-state index contributed by atoms with van der Waals surface area (Å²) in [4.78, 5) is 15.6. The number of carbonyl (C=O) groups is 1. The Kier molecular flexibility index (Phi) is 3.26. The molecule has 0 unspecified atom stereocenters. The van der Waals surface area contributed by atoms with Crippen molar-refractivity contribution < 1.29 is 4.79 Å². The van der Waals surface area contributed by atoms with Crippen molar-refractivity contribution >= 4 is 16.8 Å². The maximum Gasteiger partial charge on any atom is 0.268 e. The summed E-state index contributed by atoms with van der Waals surface area (Å²) in [6, 6.07) is 19.7. The molecule has 0 aliphatic heterocycles. The van der Waals surface area contributed by atoms with Crippen LogP contribution in [-0.4, -0.2) is 10.9 Å². The molecule has 3 heteroatoms. The molecule has 0 atom stereocenters. The molecular weight excluding hydrogens is 260 g/mol. The number of para-hydroxylation sites is 1. The molecule has 3 aromatic rings. The molecule has 0 spiro atoms. The first-order chi connectivity index (χ1) is 10.1. The average Bonchev–Trinajstić information content (AvgIpc) is 2.92. The largest absolute Gasteiger partial charge is 0.351 e. The number of aromatic amines is 1. The van der Waals surface area contributed by atoms with Gasteiger partial charge in [0.25, 0.3) is 5.91 Å². The molecule has 3 rings (SSSR count). The van der Waals surface area contributed by atoms with E-state index in [4.69, 9.17) is 0 Å². The van der Waals surface area contributed by atoms with Crippen molar-refractivity contribution in [3.63, 3.8) is 0 Å². The number of fused-ring (bicyclic) bond motifs is 1. The first-order valence-corrected chi connectivity index (χ1v) is 7.02. The third-order valence-electron chi connectivity index (χ3n) is 3.70. The Bertz CT molecular complexity index is 739. The Morgan fingerprint density at radius 2 is 1.67 bits per heavy atom. The van der Waals surface area contributed by atoms with Gasteiger partial charge in [0, 0.05) is 10.9 Å². The number of benzene rings is 2. The Labute approximate surface area is 124 Å². The van der Waals surface area contributed by atoms with Crippen molar-refractivity contribution in [2.45, 2.75) is 19.4 Å². The molecule has 1 heterocycles. The van der Waals surface area contributed by atoms with Crippen LogP contribution in [0.15, 0.2) is 60.7 Å². The summed E-state index contributed by atoms with van der Waals surface area (Å²) in [5.74, 6) is -0.0972. The highest BCUT2D eigenvalue weighted by atomic mass is 16.2. The maximum absolute atomic E-state index is 12.5. The zero-order chi connectivity index (χ0) is 14.9. The summed E-state index contributed by atoms with van der Waals surface area (Å²) in [7, 11) is 0. The normalized spacial score (nSPS) is 11.5. The molecule has 106 valence electrons. The number of hydrogen-bond acceptors (Lipinski definition) is 1. The predicted molar refractivity (Wildman–Crippen MR) is 85.2 cm³/mol. The van der Waals surface area contributed by atoms with Crippen molar-refractivity contribution in [3.8, 4) is 0 Å². The number of rotatable bonds is 3. The molecule has 2 N–H and O–H groups in total. The van der Waals surface area contributed by atoms with Crippen molar-refractivity contribution in [2.24, 2.45) is 0 Å². The minimum atomic E-state index is -0.421. The second kappa shape index (κ2) is 5.09. The second-order valence-corrected chi connectivity index (χ2v) is 5.72. The van der Waals surface area contributed by atoms with E-state index in [0.29, 0.717) is 5.69 Å². The van der Waals surface area contributed by atoms with Gasteiger partial charge in [0.15, 0.2) is 0 Å². The van der Waals surface area contributed by atoms with Crippen molar-refractivity contribution in [1.82, 2.24) is 10.3 Å². The van der Waals surface area contributed by atoms with E-state index in [1.807, 2.05) is 74.5 Å². The van der Waals surface area contributed by atoms with Crippen molar-refractivity contribution in [3.05, 3.63) is 71.9 Å². The van der Waals surface area contributed by atoms with Gasteiger partial charge in [-0.3, -0.25) is 4.79 Å². The van der Waals surface area contributed by atoms with Crippen molar-refractivity contribution in [1.29, 1.82) is 0 Å². The Hall–Kier alpha value is -2.55. The van der Waals surface area contributed by atoms with Crippen LogP contribution in [0.3, 0.4) is 0 Å². The standard InChI is InChI=1S/C18H18N2O/c1-18(2,14-9-4-3-5-10-14)20-17(21)16-12-13-8-6-7-11-15(13)19-16/h3-12,19H,1-2H3,(H,20,21). The van der Waals surface area contributed by atoms with E-state index >= 15 is 0 Å². The lowest BCUT2D eigenvalue weighted by Crippen LogP contribution is -2.41. The Balaban J connectivity index is 1.85. The summed E-state index contributed by atoms with van der Waals surface area (Å²) in [5, 5.41) is 4.12. The first-order valence-electron chi connectivity index (χ1n) is 7.02. The van der Waals surface area contributed by atoms with Gasteiger partial charge in [-0.05, 0) is 31.5 Å². The number of nitrogens with one attached hydrogen (secondary N) is 2. The van der Waals surface area contributed by atoms with Gasteiger partial charge in [-0.1, -0.05) is 48.5 Å². The minimum absolute atomic E-state index is 0.0972. The number of H-pyrrole nitrogens is 1. The summed E-state index contributed by atoms with van der Waals surface area (Å²) in [6.07, 6.45) is 0. The SMILES string of the molecule is CC(C)(NC(=O)c1cc2ccccc2[nH]1)c1ccccc1. The number of aromatic nitrogens is 1. The zero-order valence-electron chi connectivity index (χ0n) is 12.2. The van der Waals surface area contributed by atoms with Crippen LogP contribution in [-0.2, 0) is 5.54 Å². The van der Waals surface area contributed by atoms with Gasteiger partial charge in [-0.2, -0.15) is 0 Å². The van der Waals surface area contributed by atoms with Crippen LogP contribution in [0.2, 0.25) is 0 Å². The summed E-state index contributed by atoms with van der Waals surface area (Å²) in [6.45, 7) is 4.01. The Morgan fingerprint density at radius 3 is 2.38 bits per heavy atom. The van der Waals surface area contributed by atoms with E-state index < -0.39 is 5.54 Å². The lowest BCUT2D eigenvalue weighted by Gasteiger charge is -2.26. The van der Waals surface area contributed by atoms with Gasteiger partial charge in [0.05, 0.1) is 5.54 Å². The third kappa shape index (κ3) is 2.68. The number of carbonyl (C=O) groups excluding carboxylic acids is 1. The molecule has 0 aliphatic carbocycles. The van der Waals surface area contributed by atoms with E-state index in [0.717, 1.165) is 16.5 Å². The molecule has 0 bridgehead atoms. The van der Waals surface area contributed by atoms with E-state index in [9.17, 15) is 4.79 Å². The summed E-state index contributed by atoms with van der Waals surface area (Å²) >= 11 is 0. The Morgan fingerprint density at radius 1 is 1.00 bits per heavy atom. The quantitative estimate of drug-likeness (QED) is 0.751. The molecule has 0 aliphatic rings. The molecule has 2 aromatic carbocycles. The van der Waals surface area contributed by atoms with Gasteiger partial charge in [0.2, 0.25) is 0 Å². The lowest BCUT2D eigenvalue weighted by molar-refractivity contribution is 0.0908. The monoisotopic (exact) mass is 278 g/mol. The van der Waals surface area contributed by atoms with Crippen molar-refractivity contribution in [2.75, 3.05) is 0 Å². The maximum atomic E-state index is 12.5. The van der Waals surface area contributed by atoms with E-state index in [1.54, 1.807) is 0 Å². The van der Waals surface area contributed by atoms with Gasteiger partial charge in [0.1, 0.15) is 5.69 Å². The highest BCUT2D eigenvalue weighted by molar-refractivity contribution is 5.98. The van der Waals surface area contributed by atoms with Gasteiger partial charge in [-0.25, -0.2) is 0 Å². The molecule has 0 radical (unpaired) electrons. The summed E-state index contributed by atoms with van der Waals surface area (Å²) in [5.41, 5.74) is 2.21. The lowest BCUT2D eigenvalue weighted by atomic mass is 9.94. The van der Waals surface area contributed by atoms with Crippen LogP contribution in [0.4, 0.5) is 0 Å². The second-order valence-electron chi connectivity index (χ2n) is 5.72. The van der Waals surface area contributed by atoms with Crippen LogP contribution < -0.4 is 5.32 Å². The zero-order valence-corrected chi connectivity index (χ0v) is 12.2. The van der Waals surface area contributed by atoms with Crippen LogP contribution in [0.25, 0.3) is 10.9 Å². The molecular formula is C18H18N2O. The topological polar surface area (TPSA) is 44.9 Å². The molecule has 0 saturated carbocycles. The van der Waals surface area contributed by atoms with Gasteiger partial charge >= 0.3 is 0 Å². The smallest absolute Gasteiger partial charge is 0.268 e. The highest BCUT2D eigenvalue weighted by Crippen LogP contribution is 2.21. The predicted octanol–water partition coefficient (Wildman–Crippen LogP) is 3.83. The van der Waals surface area contributed by atoms with Crippen LogP contribution in [0, 0.1) is 0 Å². The molecule has 21 heavy (non-hydrogen) atoms. The molecule has 0 fully saturated rings. The molecule has 3 nitrogen and oxygen atoms in total. The first kappa shape index (κ1) is 13.4. The fourth-order valence-electron chi connectivity index (χ4n) is 2.47. The highest BCUT2D eigenvalue weighted by Gasteiger charge is 2.23. The van der Waals surface area contributed by atoms with Crippen LogP contribution in [0.1, 0.15) is 29.9 Å². The summed E-state index contributed by atoms with van der Waals surface area (Å²) < 4.78 is 0. The fourth-order valence-corrected chi connectivity index (χ4v) is 2.47.